The van der Waals surface area contributed by atoms with E-state index in [1.165, 1.54) is 18.2 Å². The Bertz CT molecular complexity index is 962. The van der Waals surface area contributed by atoms with Crippen molar-refractivity contribution < 1.29 is 13.2 Å². The predicted molar refractivity (Wildman–Crippen MR) is 115 cm³/mol. The maximum atomic E-state index is 13.2. The molecule has 1 N–H and O–H groups in total. The van der Waals surface area contributed by atoms with Crippen LogP contribution in [0.2, 0.25) is 10.0 Å². The second kappa shape index (κ2) is 9.45. The number of benzene rings is 2. The van der Waals surface area contributed by atoms with E-state index in [-0.39, 0.29) is 27.3 Å². The highest BCUT2D eigenvalue weighted by Gasteiger charge is 2.31. The zero-order chi connectivity index (χ0) is 21.0. The van der Waals surface area contributed by atoms with Crippen LogP contribution in [0.4, 0.5) is 0 Å². The third-order valence-corrected chi connectivity index (χ3v) is 7.06. The van der Waals surface area contributed by atoms with Crippen LogP contribution in [0, 0.1) is 0 Å². The number of carbonyl (C=O) groups is 1. The highest BCUT2D eigenvalue weighted by atomic mass is 35.5. The Kier molecular flexibility index (Phi) is 7.19. The molecular formula is C20H23Cl2N3O3S. The summed E-state index contributed by atoms with van der Waals surface area (Å²) in [5.74, 6) is -0.247. The zero-order valence-electron chi connectivity index (χ0n) is 16.0. The number of piperazine rings is 1. The summed E-state index contributed by atoms with van der Waals surface area (Å²) in [6, 6.07) is 12.6. The molecule has 1 amide bonds. The SMILES string of the molecule is CN1CCN(C(=O)[C@H](Cc2ccccc2)NS(=O)(=O)c2cc(Cl)ccc2Cl)CC1. The van der Waals surface area contributed by atoms with E-state index in [0.717, 1.165) is 18.7 Å². The fourth-order valence-corrected chi connectivity index (χ4v) is 5.16. The van der Waals surface area contributed by atoms with Gasteiger partial charge in [0.05, 0.1) is 5.02 Å². The van der Waals surface area contributed by atoms with Crippen molar-refractivity contribution in [3.05, 3.63) is 64.1 Å². The molecule has 9 heteroatoms. The number of hydrogen-bond donors (Lipinski definition) is 1. The number of halogens is 2. The van der Waals surface area contributed by atoms with Crippen molar-refractivity contribution >= 4 is 39.1 Å². The number of sulfonamides is 1. The molecule has 0 bridgehead atoms. The highest BCUT2D eigenvalue weighted by Crippen LogP contribution is 2.25. The van der Waals surface area contributed by atoms with Crippen LogP contribution in [0.25, 0.3) is 0 Å². The van der Waals surface area contributed by atoms with Crippen LogP contribution in [0.3, 0.4) is 0 Å². The van der Waals surface area contributed by atoms with E-state index in [9.17, 15) is 13.2 Å². The molecule has 1 fully saturated rings. The molecule has 1 aliphatic rings. The smallest absolute Gasteiger partial charge is 0.242 e. The van der Waals surface area contributed by atoms with E-state index in [1.54, 1.807) is 4.90 Å². The van der Waals surface area contributed by atoms with E-state index in [4.69, 9.17) is 23.2 Å². The van der Waals surface area contributed by atoms with Crippen LogP contribution in [0.15, 0.2) is 53.4 Å². The highest BCUT2D eigenvalue weighted by molar-refractivity contribution is 7.89. The average molecular weight is 456 g/mol. The fraction of sp³-hybridized carbons (Fsp3) is 0.350. The topological polar surface area (TPSA) is 69.7 Å². The van der Waals surface area contributed by atoms with Crippen molar-refractivity contribution in [3.63, 3.8) is 0 Å². The second-order valence-corrected chi connectivity index (χ2v) is 9.59. The molecule has 29 heavy (non-hydrogen) atoms. The fourth-order valence-electron chi connectivity index (χ4n) is 3.21. The number of rotatable bonds is 6. The molecule has 3 rings (SSSR count). The van der Waals surface area contributed by atoms with Gasteiger partial charge in [0.25, 0.3) is 0 Å². The molecule has 2 aromatic rings. The summed E-state index contributed by atoms with van der Waals surface area (Å²) >= 11 is 12.0. The Morgan fingerprint density at radius 2 is 1.72 bits per heavy atom. The molecule has 156 valence electrons. The minimum atomic E-state index is -4.05. The van der Waals surface area contributed by atoms with E-state index in [2.05, 4.69) is 9.62 Å². The van der Waals surface area contributed by atoms with Gasteiger partial charge >= 0.3 is 0 Å². The van der Waals surface area contributed by atoms with Gasteiger partial charge in [-0.15, -0.1) is 0 Å². The Morgan fingerprint density at radius 3 is 2.38 bits per heavy atom. The predicted octanol–water partition coefficient (Wildman–Crippen LogP) is 2.66. The lowest BCUT2D eigenvalue weighted by atomic mass is 10.1. The van der Waals surface area contributed by atoms with Crippen LogP contribution >= 0.6 is 23.2 Å². The van der Waals surface area contributed by atoms with Crippen LogP contribution < -0.4 is 4.72 Å². The van der Waals surface area contributed by atoms with Gasteiger partial charge in [-0.1, -0.05) is 53.5 Å². The van der Waals surface area contributed by atoms with Crippen molar-refractivity contribution in [2.24, 2.45) is 0 Å². The Balaban J connectivity index is 1.88. The van der Waals surface area contributed by atoms with Crippen LogP contribution in [-0.4, -0.2) is 63.4 Å². The van der Waals surface area contributed by atoms with Gasteiger partial charge in [-0.2, -0.15) is 4.72 Å². The first-order valence-corrected chi connectivity index (χ1v) is 11.5. The minimum Gasteiger partial charge on any atom is -0.339 e. The monoisotopic (exact) mass is 455 g/mol. The van der Waals surface area contributed by atoms with Gasteiger partial charge in [-0.25, -0.2) is 8.42 Å². The summed E-state index contributed by atoms with van der Waals surface area (Å²) in [6.07, 6.45) is 0.240. The zero-order valence-corrected chi connectivity index (χ0v) is 18.3. The first-order chi connectivity index (χ1) is 13.8. The lowest BCUT2D eigenvalue weighted by molar-refractivity contribution is -0.134. The maximum Gasteiger partial charge on any atom is 0.242 e. The minimum absolute atomic E-state index is 0.0485. The third-order valence-electron chi connectivity index (χ3n) is 4.88. The first-order valence-electron chi connectivity index (χ1n) is 9.25. The molecule has 1 heterocycles. The molecule has 0 saturated carbocycles. The summed E-state index contributed by atoms with van der Waals surface area (Å²) in [5, 5.41) is 0.298. The van der Waals surface area contributed by atoms with Gasteiger partial charge in [0.15, 0.2) is 0 Å². The van der Waals surface area contributed by atoms with Crippen molar-refractivity contribution in [2.45, 2.75) is 17.4 Å². The first kappa shape index (κ1) is 22.1. The summed E-state index contributed by atoms with van der Waals surface area (Å²) in [5.41, 5.74) is 0.861. The lowest BCUT2D eigenvalue weighted by Crippen LogP contribution is -2.54. The number of amides is 1. The van der Waals surface area contributed by atoms with E-state index < -0.39 is 16.1 Å². The van der Waals surface area contributed by atoms with Crippen LogP contribution in [0.5, 0.6) is 0 Å². The van der Waals surface area contributed by atoms with Gasteiger partial charge in [-0.3, -0.25) is 4.79 Å². The largest absolute Gasteiger partial charge is 0.339 e. The van der Waals surface area contributed by atoms with Crippen LogP contribution in [-0.2, 0) is 21.2 Å². The molecule has 1 saturated heterocycles. The van der Waals surface area contributed by atoms with E-state index in [0.29, 0.717) is 13.1 Å². The average Bonchev–Trinajstić information content (AvgIpc) is 2.70. The third kappa shape index (κ3) is 5.71. The van der Waals surface area contributed by atoms with Crippen LogP contribution in [0.1, 0.15) is 5.56 Å². The number of carbonyl (C=O) groups excluding carboxylic acids is 1. The molecule has 1 aliphatic heterocycles. The van der Waals surface area contributed by atoms with Crippen molar-refractivity contribution in [2.75, 3.05) is 33.2 Å². The molecule has 0 spiro atoms. The molecule has 0 aliphatic carbocycles. The van der Waals surface area contributed by atoms with Gasteiger partial charge in [0.2, 0.25) is 15.9 Å². The molecule has 1 atom stereocenters. The molecule has 0 radical (unpaired) electrons. The van der Waals surface area contributed by atoms with Crippen molar-refractivity contribution in [3.8, 4) is 0 Å². The Morgan fingerprint density at radius 1 is 1.07 bits per heavy atom. The molecule has 0 unspecified atom stereocenters. The standard InChI is InChI=1S/C20H23Cl2N3O3S/c1-24-9-11-25(12-10-24)20(26)18(13-15-5-3-2-4-6-15)23-29(27,28)19-14-16(21)7-8-17(19)22/h2-8,14,18,23H,9-13H2,1H3/t18-/m0/s1. The normalized spacial score (nSPS) is 16.6. The molecule has 0 aromatic heterocycles. The summed E-state index contributed by atoms with van der Waals surface area (Å²) in [6.45, 7) is 2.61. The summed E-state index contributed by atoms with van der Waals surface area (Å²) in [4.78, 5) is 16.9. The van der Waals surface area contributed by atoms with Gasteiger partial charge in [0, 0.05) is 31.2 Å². The van der Waals surface area contributed by atoms with Gasteiger partial charge in [0.1, 0.15) is 10.9 Å². The lowest BCUT2D eigenvalue weighted by Gasteiger charge is -2.34. The van der Waals surface area contributed by atoms with Gasteiger partial charge < -0.3 is 9.80 Å². The molecular weight excluding hydrogens is 433 g/mol. The summed E-state index contributed by atoms with van der Waals surface area (Å²) in [7, 11) is -2.06. The number of likely N-dealkylation sites (N-methyl/N-ethyl adjacent to an activating group) is 1. The number of nitrogens with zero attached hydrogens (tertiary/aromatic N) is 2. The molecule has 2 aromatic carbocycles. The summed E-state index contributed by atoms with van der Waals surface area (Å²) < 4.78 is 28.6. The number of hydrogen-bond acceptors (Lipinski definition) is 4. The Labute approximate surface area is 181 Å². The van der Waals surface area contributed by atoms with Crippen molar-refractivity contribution in [1.29, 1.82) is 0 Å². The quantitative estimate of drug-likeness (QED) is 0.726. The Hall–Kier alpha value is -1.64. The van der Waals surface area contributed by atoms with E-state index in [1.807, 2.05) is 37.4 Å². The maximum absolute atomic E-state index is 13.2. The van der Waals surface area contributed by atoms with Crippen molar-refractivity contribution in [1.82, 2.24) is 14.5 Å². The van der Waals surface area contributed by atoms with E-state index >= 15 is 0 Å². The second-order valence-electron chi connectivity index (χ2n) is 7.07. The van der Waals surface area contributed by atoms with Gasteiger partial charge in [-0.05, 0) is 37.2 Å². The molecule has 6 nitrogen and oxygen atoms in total. The number of nitrogens with one attached hydrogen (secondary N) is 1.